The molecule has 0 bridgehead atoms. The molecule has 0 atom stereocenters. The summed E-state index contributed by atoms with van der Waals surface area (Å²) in [7, 11) is 1.67. The van der Waals surface area contributed by atoms with E-state index in [1.54, 1.807) is 30.6 Å². The van der Waals surface area contributed by atoms with Crippen LogP contribution in [0.25, 0.3) is 10.6 Å². The first kappa shape index (κ1) is 15.9. The molecule has 1 heterocycles. The normalized spacial score (nSPS) is 11.8. The zero-order valence-corrected chi connectivity index (χ0v) is 13.8. The molecule has 0 unspecified atom stereocenters. The van der Waals surface area contributed by atoms with E-state index in [1.165, 1.54) is 4.88 Å². The van der Waals surface area contributed by atoms with E-state index in [1.807, 2.05) is 12.1 Å². The minimum atomic E-state index is 0.0551. The van der Waals surface area contributed by atoms with E-state index in [9.17, 15) is 5.11 Å². The number of thiazole rings is 1. The predicted molar refractivity (Wildman–Crippen MR) is 86.5 cm³/mol. The van der Waals surface area contributed by atoms with Crippen molar-refractivity contribution < 1.29 is 9.84 Å². The number of aromatic nitrogens is 1. The summed E-state index contributed by atoms with van der Waals surface area (Å²) in [6, 6.07) is 7.18. The fourth-order valence-corrected chi connectivity index (χ4v) is 2.88. The highest BCUT2D eigenvalue weighted by Gasteiger charge is 2.15. The Hall–Kier alpha value is -1.43. The number of rotatable bonds is 5. The van der Waals surface area contributed by atoms with Gasteiger partial charge in [0.2, 0.25) is 0 Å². The Kier molecular flexibility index (Phi) is 4.98. The Morgan fingerprint density at radius 2 is 2.10 bits per heavy atom. The summed E-state index contributed by atoms with van der Waals surface area (Å²) in [5.41, 5.74) is 1.94. The van der Waals surface area contributed by atoms with E-state index in [-0.39, 0.29) is 11.3 Å². The van der Waals surface area contributed by atoms with Gasteiger partial charge >= 0.3 is 0 Å². The highest BCUT2D eigenvalue weighted by atomic mass is 32.1. The van der Waals surface area contributed by atoms with Gasteiger partial charge in [-0.3, -0.25) is 0 Å². The molecule has 5 heteroatoms. The summed E-state index contributed by atoms with van der Waals surface area (Å²) in [5.74, 6) is 0.255. The maximum Gasteiger partial charge on any atom is 0.124 e. The lowest BCUT2D eigenvalue weighted by molar-refractivity contribution is 0.181. The molecule has 2 N–H and O–H groups in total. The molecule has 2 rings (SSSR count). The maximum absolute atomic E-state index is 9.60. The molecule has 0 aliphatic rings. The summed E-state index contributed by atoms with van der Waals surface area (Å²) >= 11 is 1.64. The Bertz CT molecular complexity index is 603. The molecule has 0 amide bonds. The number of ether oxygens (including phenoxy) is 1. The lowest BCUT2D eigenvalue weighted by Crippen LogP contribution is -2.35. The number of phenols is 1. The van der Waals surface area contributed by atoms with E-state index in [0.29, 0.717) is 6.61 Å². The van der Waals surface area contributed by atoms with Gasteiger partial charge in [-0.2, -0.15) is 0 Å². The zero-order valence-electron chi connectivity index (χ0n) is 12.9. The van der Waals surface area contributed by atoms with Crippen molar-refractivity contribution in [2.24, 2.45) is 0 Å². The van der Waals surface area contributed by atoms with Crippen molar-refractivity contribution in [1.29, 1.82) is 0 Å². The monoisotopic (exact) mass is 306 g/mol. The molecular formula is C16H22N2O2S. The second-order valence-corrected chi connectivity index (χ2v) is 7.06. The summed E-state index contributed by atoms with van der Waals surface area (Å²) in [4.78, 5) is 5.83. The SMILES string of the molecule is COCc1nc(-c2cccc(O)c2)sc1CNC(C)(C)C. The Morgan fingerprint density at radius 1 is 1.33 bits per heavy atom. The highest BCUT2D eigenvalue weighted by molar-refractivity contribution is 7.15. The third-order valence-electron chi connectivity index (χ3n) is 2.93. The van der Waals surface area contributed by atoms with Crippen LogP contribution in [0.4, 0.5) is 0 Å². The van der Waals surface area contributed by atoms with Gasteiger partial charge in [0, 0.05) is 29.6 Å². The minimum Gasteiger partial charge on any atom is -0.508 e. The number of methoxy groups -OCH3 is 1. The van der Waals surface area contributed by atoms with Gasteiger partial charge in [-0.1, -0.05) is 12.1 Å². The number of nitrogens with zero attached hydrogens (tertiary/aromatic N) is 1. The van der Waals surface area contributed by atoms with Crippen LogP contribution < -0.4 is 5.32 Å². The number of phenolic OH excluding ortho intramolecular Hbond substituents is 1. The average Bonchev–Trinajstić information content (AvgIpc) is 2.79. The van der Waals surface area contributed by atoms with Crippen molar-refractivity contribution in [2.75, 3.05) is 7.11 Å². The van der Waals surface area contributed by atoms with Crippen molar-refractivity contribution in [3.8, 4) is 16.3 Å². The molecule has 2 aromatic rings. The van der Waals surface area contributed by atoms with E-state index < -0.39 is 0 Å². The van der Waals surface area contributed by atoms with Crippen LogP contribution in [-0.2, 0) is 17.9 Å². The van der Waals surface area contributed by atoms with Crippen LogP contribution in [0.1, 0.15) is 31.3 Å². The maximum atomic E-state index is 9.60. The molecule has 0 spiro atoms. The summed E-state index contributed by atoms with van der Waals surface area (Å²) in [6.45, 7) is 7.68. The molecule has 0 fully saturated rings. The first-order chi connectivity index (χ1) is 9.89. The topological polar surface area (TPSA) is 54.4 Å². The minimum absolute atomic E-state index is 0.0551. The molecule has 0 aliphatic carbocycles. The molecule has 0 aliphatic heterocycles. The smallest absolute Gasteiger partial charge is 0.124 e. The predicted octanol–water partition coefficient (Wildman–Crippen LogP) is 3.55. The van der Waals surface area contributed by atoms with Crippen LogP contribution in [0.5, 0.6) is 5.75 Å². The summed E-state index contributed by atoms with van der Waals surface area (Å²) in [6.07, 6.45) is 0. The summed E-state index contributed by atoms with van der Waals surface area (Å²) < 4.78 is 5.24. The number of hydrogen-bond donors (Lipinski definition) is 2. The molecule has 0 saturated carbocycles. The number of benzene rings is 1. The molecule has 0 radical (unpaired) electrons. The van der Waals surface area contributed by atoms with Crippen LogP contribution in [-0.4, -0.2) is 22.7 Å². The zero-order chi connectivity index (χ0) is 15.5. The molecule has 0 saturated heterocycles. The van der Waals surface area contributed by atoms with Crippen LogP contribution in [0.15, 0.2) is 24.3 Å². The van der Waals surface area contributed by atoms with Gasteiger partial charge in [0.15, 0.2) is 0 Å². The van der Waals surface area contributed by atoms with Gasteiger partial charge in [-0.15, -0.1) is 11.3 Å². The average molecular weight is 306 g/mol. The number of aromatic hydroxyl groups is 1. The van der Waals surface area contributed by atoms with Crippen LogP contribution >= 0.6 is 11.3 Å². The highest BCUT2D eigenvalue weighted by Crippen LogP contribution is 2.30. The van der Waals surface area contributed by atoms with Crippen molar-refractivity contribution in [3.05, 3.63) is 34.8 Å². The van der Waals surface area contributed by atoms with Gasteiger partial charge in [-0.05, 0) is 32.9 Å². The summed E-state index contributed by atoms with van der Waals surface area (Å²) in [5, 5.41) is 14.0. The van der Waals surface area contributed by atoms with Gasteiger partial charge in [-0.25, -0.2) is 4.98 Å². The Morgan fingerprint density at radius 3 is 2.71 bits per heavy atom. The van der Waals surface area contributed by atoms with Gasteiger partial charge in [0.1, 0.15) is 10.8 Å². The van der Waals surface area contributed by atoms with E-state index >= 15 is 0 Å². The first-order valence-corrected chi connectivity index (χ1v) is 7.72. The van der Waals surface area contributed by atoms with Crippen molar-refractivity contribution >= 4 is 11.3 Å². The van der Waals surface area contributed by atoms with Gasteiger partial charge in [0.25, 0.3) is 0 Å². The fourth-order valence-electron chi connectivity index (χ4n) is 1.88. The third-order valence-corrected chi connectivity index (χ3v) is 4.08. The first-order valence-electron chi connectivity index (χ1n) is 6.91. The molecule has 1 aromatic heterocycles. The number of hydrogen-bond acceptors (Lipinski definition) is 5. The quantitative estimate of drug-likeness (QED) is 0.887. The lowest BCUT2D eigenvalue weighted by Gasteiger charge is -2.20. The van der Waals surface area contributed by atoms with Crippen LogP contribution in [0.3, 0.4) is 0 Å². The van der Waals surface area contributed by atoms with E-state index in [4.69, 9.17) is 4.74 Å². The van der Waals surface area contributed by atoms with Crippen molar-refractivity contribution in [1.82, 2.24) is 10.3 Å². The van der Waals surface area contributed by atoms with Crippen molar-refractivity contribution in [2.45, 2.75) is 39.5 Å². The fraction of sp³-hybridized carbons (Fsp3) is 0.438. The van der Waals surface area contributed by atoms with Gasteiger partial charge in [0.05, 0.1) is 12.3 Å². The Balaban J connectivity index is 2.28. The van der Waals surface area contributed by atoms with Crippen molar-refractivity contribution in [3.63, 3.8) is 0 Å². The number of nitrogens with one attached hydrogen (secondary N) is 1. The molecule has 4 nitrogen and oxygen atoms in total. The third kappa shape index (κ3) is 4.52. The second-order valence-electron chi connectivity index (χ2n) is 5.98. The molecule has 114 valence electrons. The standard InChI is InChI=1S/C16H22N2O2S/c1-16(2,3)17-9-14-13(10-20-4)18-15(21-14)11-6-5-7-12(19)8-11/h5-8,17,19H,9-10H2,1-4H3. The second kappa shape index (κ2) is 6.56. The van der Waals surface area contributed by atoms with Crippen LogP contribution in [0, 0.1) is 0 Å². The molecule has 1 aromatic carbocycles. The molecule has 21 heavy (non-hydrogen) atoms. The van der Waals surface area contributed by atoms with Crippen LogP contribution in [0.2, 0.25) is 0 Å². The lowest BCUT2D eigenvalue weighted by atomic mass is 10.1. The Labute approximate surface area is 129 Å². The van der Waals surface area contributed by atoms with E-state index in [0.717, 1.165) is 22.8 Å². The molecular weight excluding hydrogens is 284 g/mol. The van der Waals surface area contributed by atoms with E-state index in [2.05, 4.69) is 31.1 Å². The van der Waals surface area contributed by atoms with Gasteiger partial charge < -0.3 is 15.2 Å². The largest absolute Gasteiger partial charge is 0.508 e.